The van der Waals surface area contributed by atoms with E-state index in [9.17, 15) is 0 Å². The molecule has 114 valence electrons. The third-order valence-corrected chi connectivity index (χ3v) is 4.43. The first kappa shape index (κ1) is 15.6. The molecule has 2 aliphatic rings. The van der Waals surface area contributed by atoms with Crippen LogP contribution in [0.4, 0.5) is 0 Å². The molecule has 1 aliphatic carbocycles. The average molecular weight is 300 g/mol. The number of ether oxygens (including phenoxy) is 1. The van der Waals surface area contributed by atoms with Crippen LogP contribution in [0.5, 0.6) is 5.75 Å². The lowest BCUT2D eigenvalue weighted by Gasteiger charge is -2.21. The molecule has 5 heteroatoms. The van der Waals surface area contributed by atoms with Crippen LogP contribution in [0, 0.1) is 11.8 Å². The molecule has 20 heavy (non-hydrogen) atoms. The van der Waals surface area contributed by atoms with Crippen molar-refractivity contribution in [2.75, 3.05) is 19.7 Å². The summed E-state index contributed by atoms with van der Waals surface area (Å²) in [7, 11) is 0. The molecule has 0 radical (unpaired) electrons. The maximum absolute atomic E-state index is 5.84. The summed E-state index contributed by atoms with van der Waals surface area (Å²) in [4.78, 5) is 0. The molecule has 2 fully saturated rings. The molecule has 3 rings (SSSR count). The molecule has 4 nitrogen and oxygen atoms in total. The zero-order valence-corrected chi connectivity index (χ0v) is 12.9. The summed E-state index contributed by atoms with van der Waals surface area (Å²) < 4.78 is 7.90. The van der Waals surface area contributed by atoms with E-state index in [2.05, 4.69) is 21.3 Å². The summed E-state index contributed by atoms with van der Waals surface area (Å²) in [6, 6.07) is 0. The summed E-state index contributed by atoms with van der Waals surface area (Å²) in [6.07, 6.45) is 12.1. The second-order valence-electron chi connectivity index (χ2n) is 6.07. The van der Waals surface area contributed by atoms with Crippen LogP contribution in [0.2, 0.25) is 0 Å². The fourth-order valence-electron chi connectivity index (χ4n) is 3.22. The van der Waals surface area contributed by atoms with Crippen LogP contribution in [-0.2, 0) is 6.54 Å². The third-order valence-electron chi connectivity index (χ3n) is 4.43. The van der Waals surface area contributed by atoms with E-state index in [-0.39, 0.29) is 12.4 Å². The van der Waals surface area contributed by atoms with Crippen molar-refractivity contribution in [3.63, 3.8) is 0 Å². The van der Waals surface area contributed by atoms with Crippen molar-refractivity contribution in [2.24, 2.45) is 11.8 Å². The summed E-state index contributed by atoms with van der Waals surface area (Å²) in [6.45, 7) is 4.11. The highest BCUT2D eigenvalue weighted by molar-refractivity contribution is 5.85. The highest BCUT2D eigenvalue weighted by Crippen LogP contribution is 2.25. The molecule has 1 aliphatic heterocycles. The third kappa shape index (κ3) is 4.38. The lowest BCUT2D eigenvalue weighted by molar-refractivity contribution is 0.259. The van der Waals surface area contributed by atoms with Crippen LogP contribution in [0.15, 0.2) is 12.4 Å². The molecule has 0 amide bonds. The van der Waals surface area contributed by atoms with Crippen molar-refractivity contribution < 1.29 is 4.74 Å². The normalized spacial score (nSPS) is 23.5. The number of nitrogens with zero attached hydrogens (tertiary/aromatic N) is 2. The Labute approximate surface area is 127 Å². The van der Waals surface area contributed by atoms with Gasteiger partial charge in [0.05, 0.1) is 19.0 Å². The van der Waals surface area contributed by atoms with E-state index in [4.69, 9.17) is 4.74 Å². The fraction of sp³-hybridized carbons (Fsp3) is 0.800. The molecule has 1 saturated heterocycles. The second kappa shape index (κ2) is 7.89. The monoisotopic (exact) mass is 299 g/mol. The van der Waals surface area contributed by atoms with Gasteiger partial charge in [0.25, 0.3) is 0 Å². The van der Waals surface area contributed by atoms with Gasteiger partial charge in [-0.3, -0.25) is 4.68 Å². The van der Waals surface area contributed by atoms with E-state index in [0.29, 0.717) is 5.92 Å². The SMILES string of the molecule is Cl.c1nn(CC2CCCCC2)cc1OCC1CCNC1. The zero-order chi connectivity index (χ0) is 12.9. The van der Waals surface area contributed by atoms with Crippen molar-refractivity contribution in [3.05, 3.63) is 12.4 Å². The van der Waals surface area contributed by atoms with E-state index in [1.807, 2.05) is 6.20 Å². The number of hydrogen-bond donors (Lipinski definition) is 1. The van der Waals surface area contributed by atoms with E-state index < -0.39 is 0 Å². The minimum atomic E-state index is 0. The molecule has 1 aromatic rings. The van der Waals surface area contributed by atoms with E-state index >= 15 is 0 Å². The quantitative estimate of drug-likeness (QED) is 0.909. The molecular formula is C15H26ClN3O. The summed E-state index contributed by atoms with van der Waals surface area (Å²) in [5.74, 6) is 2.42. The van der Waals surface area contributed by atoms with Crippen LogP contribution >= 0.6 is 12.4 Å². The molecule has 1 saturated carbocycles. The number of rotatable bonds is 5. The lowest BCUT2D eigenvalue weighted by atomic mass is 9.89. The van der Waals surface area contributed by atoms with Crippen LogP contribution < -0.4 is 10.1 Å². The number of aromatic nitrogens is 2. The van der Waals surface area contributed by atoms with Crippen LogP contribution in [-0.4, -0.2) is 29.5 Å². The molecule has 1 N–H and O–H groups in total. The standard InChI is InChI=1S/C15H25N3O.ClH/c1-2-4-13(5-3-1)10-18-11-15(9-17-18)19-12-14-6-7-16-8-14;/h9,11,13-14,16H,1-8,10,12H2;1H. The van der Waals surface area contributed by atoms with E-state index in [0.717, 1.165) is 37.9 Å². The Hall–Kier alpha value is -0.740. The van der Waals surface area contributed by atoms with Crippen molar-refractivity contribution in [3.8, 4) is 5.75 Å². The maximum Gasteiger partial charge on any atom is 0.157 e. The minimum Gasteiger partial charge on any atom is -0.490 e. The van der Waals surface area contributed by atoms with Crippen molar-refractivity contribution >= 4 is 12.4 Å². The molecule has 2 heterocycles. The van der Waals surface area contributed by atoms with E-state index in [1.165, 1.54) is 38.5 Å². The van der Waals surface area contributed by atoms with Crippen molar-refractivity contribution in [1.29, 1.82) is 0 Å². The van der Waals surface area contributed by atoms with Gasteiger partial charge in [-0.1, -0.05) is 19.3 Å². The summed E-state index contributed by atoms with van der Waals surface area (Å²) in [5.41, 5.74) is 0. The van der Waals surface area contributed by atoms with Gasteiger partial charge in [-0.25, -0.2) is 0 Å². The molecular weight excluding hydrogens is 274 g/mol. The van der Waals surface area contributed by atoms with Crippen LogP contribution in [0.1, 0.15) is 38.5 Å². The number of hydrogen-bond acceptors (Lipinski definition) is 3. The van der Waals surface area contributed by atoms with Gasteiger partial charge < -0.3 is 10.1 Å². The molecule has 1 unspecified atom stereocenters. The van der Waals surface area contributed by atoms with Gasteiger partial charge in [0.2, 0.25) is 0 Å². The van der Waals surface area contributed by atoms with Gasteiger partial charge in [0, 0.05) is 19.0 Å². The Morgan fingerprint density at radius 1 is 1.20 bits per heavy atom. The Morgan fingerprint density at radius 2 is 2.05 bits per heavy atom. The molecule has 1 aromatic heterocycles. The first-order chi connectivity index (χ1) is 9.40. The Morgan fingerprint density at radius 3 is 2.80 bits per heavy atom. The Balaban J connectivity index is 0.00000147. The van der Waals surface area contributed by atoms with Gasteiger partial charge in [-0.15, -0.1) is 12.4 Å². The second-order valence-corrected chi connectivity index (χ2v) is 6.07. The number of nitrogens with one attached hydrogen (secondary N) is 1. The Bertz CT molecular complexity index is 384. The summed E-state index contributed by atoms with van der Waals surface area (Å²) in [5, 5.41) is 7.80. The van der Waals surface area contributed by atoms with Crippen LogP contribution in [0.3, 0.4) is 0 Å². The highest BCUT2D eigenvalue weighted by Gasteiger charge is 2.16. The topological polar surface area (TPSA) is 39.1 Å². The fourth-order valence-corrected chi connectivity index (χ4v) is 3.22. The van der Waals surface area contributed by atoms with Gasteiger partial charge in [-0.05, 0) is 31.7 Å². The predicted molar refractivity (Wildman–Crippen MR) is 82.5 cm³/mol. The van der Waals surface area contributed by atoms with Crippen molar-refractivity contribution in [1.82, 2.24) is 15.1 Å². The number of halogens is 1. The minimum absolute atomic E-state index is 0. The molecule has 1 atom stereocenters. The van der Waals surface area contributed by atoms with Gasteiger partial charge in [-0.2, -0.15) is 5.10 Å². The average Bonchev–Trinajstić information content (AvgIpc) is 3.09. The highest BCUT2D eigenvalue weighted by atomic mass is 35.5. The van der Waals surface area contributed by atoms with Gasteiger partial charge >= 0.3 is 0 Å². The van der Waals surface area contributed by atoms with Crippen molar-refractivity contribution in [2.45, 2.75) is 45.1 Å². The van der Waals surface area contributed by atoms with Crippen LogP contribution in [0.25, 0.3) is 0 Å². The molecule has 0 aromatic carbocycles. The Kier molecular flexibility index (Phi) is 6.17. The summed E-state index contributed by atoms with van der Waals surface area (Å²) >= 11 is 0. The smallest absolute Gasteiger partial charge is 0.157 e. The first-order valence-corrected chi connectivity index (χ1v) is 7.76. The molecule has 0 bridgehead atoms. The van der Waals surface area contributed by atoms with Gasteiger partial charge in [0.1, 0.15) is 0 Å². The first-order valence-electron chi connectivity index (χ1n) is 7.76. The molecule has 0 spiro atoms. The predicted octanol–water partition coefficient (Wildman–Crippen LogP) is 2.87. The zero-order valence-electron chi connectivity index (χ0n) is 12.1. The van der Waals surface area contributed by atoms with Gasteiger partial charge in [0.15, 0.2) is 5.75 Å². The maximum atomic E-state index is 5.84. The largest absolute Gasteiger partial charge is 0.490 e. The van der Waals surface area contributed by atoms with E-state index in [1.54, 1.807) is 0 Å². The lowest BCUT2D eigenvalue weighted by Crippen LogP contribution is -2.15.